The summed E-state index contributed by atoms with van der Waals surface area (Å²) in [6, 6.07) is 9.57. The molecule has 2 unspecified atom stereocenters. The minimum atomic E-state index is 0.518. The molecule has 0 saturated carbocycles. The summed E-state index contributed by atoms with van der Waals surface area (Å²) < 4.78 is 1.13. The van der Waals surface area contributed by atoms with E-state index >= 15 is 0 Å². The number of benzene rings is 1. The van der Waals surface area contributed by atoms with E-state index in [2.05, 4.69) is 51.7 Å². The van der Waals surface area contributed by atoms with E-state index in [0.29, 0.717) is 12.1 Å². The smallest absolute Gasteiger partial charge is 0.0353 e. The van der Waals surface area contributed by atoms with Gasteiger partial charge in [0.1, 0.15) is 0 Å². The Morgan fingerprint density at radius 1 is 1.56 bits per heavy atom. The maximum atomic E-state index is 3.54. The van der Waals surface area contributed by atoms with Gasteiger partial charge in [-0.05, 0) is 50.9 Å². The molecule has 0 radical (unpaired) electrons. The summed E-state index contributed by atoms with van der Waals surface area (Å²) in [5, 5.41) is 7.07. The number of halogens is 1. The minimum absolute atomic E-state index is 0.518. The van der Waals surface area contributed by atoms with Crippen LogP contribution in [0.5, 0.6) is 0 Å². The molecule has 2 rings (SSSR count). The number of anilines is 1. The molecule has 2 N–H and O–H groups in total. The summed E-state index contributed by atoms with van der Waals surface area (Å²) >= 11 is 3.49. The number of hydrogen-bond donors (Lipinski definition) is 2. The predicted molar refractivity (Wildman–Crippen MR) is 72.9 cm³/mol. The maximum absolute atomic E-state index is 3.54. The molecular formula is C13H19BrN2. The fourth-order valence-electron chi connectivity index (χ4n) is 2.31. The first-order valence-corrected chi connectivity index (χ1v) is 6.79. The lowest BCUT2D eigenvalue weighted by Crippen LogP contribution is -2.29. The van der Waals surface area contributed by atoms with Gasteiger partial charge in [-0.25, -0.2) is 0 Å². The van der Waals surface area contributed by atoms with E-state index in [0.717, 1.165) is 4.47 Å². The van der Waals surface area contributed by atoms with Gasteiger partial charge in [-0.3, -0.25) is 0 Å². The molecule has 2 atom stereocenters. The number of nitrogens with one attached hydrogen (secondary N) is 2. The second-order valence-electron chi connectivity index (χ2n) is 4.58. The van der Waals surface area contributed by atoms with Crippen LogP contribution in [0.3, 0.4) is 0 Å². The summed E-state index contributed by atoms with van der Waals surface area (Å²) in [7, 11) is 0. The molecule has 1 heterocycles. The van der Waals surface area contributed by atoms with E-state index in [9.17, 15) is 0 Å². The van der Waals surface area contributed by atoms with E-state index in [1.165, 1.54) is 31.5 Å². The molecular weight excluding hydrogens is 264 g/mol. The fraction of sp³-hybridized carbons (Fsp3) is 0.538. The van der Waals surface area contributed by atoms with Gasteiger partial charge >= 0.3 is 0 Å². The molecule has 2 nitrogen and oxygen atoms in total. The van der Waals surface area contributed by atoms with Crippen molar-refractivity contribution in [3.05, 3.63) is 28.7 Å². The summed E-state index contributed by atoms with van der Waals surface area (Å²) in [6.07, 6.45) is 3.85. The lowest BCUT2D eigenvalue weighted by molar-refractivity contribution is 0.523. The van der Waals surface area contributed by atoms with Gasteiger partial charge in [0.05, 0.1) is 0 Å². The highest BCUT2D eigenvalue weighted by Gasteiger charge is 2.16. The molecule has 88 valence electrons. The predicted octanol–water partition coefficient (Wildman–Crippen LogP) is 3.39. The first-order chi connectivity index (χ1) is 7.74. The average molecular weight is 283 g/mol. The van der Waals surface area contributed by atoms with Crippen molar-refractivity contribution in [3.8, 4) is 0 Å². The molecule has 1 aromatic rings. The van der Waals surface area contributed by atoms with Gasteiger partial charge in [0.25, 0.3) is 0 Å². The van der Waals surface area contributed by atoms with Gasteiger partial charge < -0.3 is 10.6 Å². The lowest BCUT2D eigenvalue weighted by atomic mass is 10.1. The van der Waals surface area contributed by atoms with Gasteiger partial charge in [0, 0.05) is 22.2 Å². The normalized spacial score (nSPS) is 22.0. The van der Waals surface area contributed by atoms with Crippen LogP contribution in [0.25, 0.3) is 0 Å². The molecule has 0 spiro atoms. The van der Waals surface area contributed by atoms with Crippen molar-refractivity contribution >= 4 is 21.6 Å². The van der Waals surface area contributed by atoms with Gasteiger partial charge in [0.2, 0.25) is 0 Å². The Morgan fingerprint density at radius 2 is 2.44 bits per heavy atom. The quantitative estimate of drug-likeness (QED) is 0.885. The van der Waals surface area contributed by atoms with Crippen molar-refractivity contribution in [2.45, 2.75) is 38.3 Å². The molecule has 0 amide bonds. The third kappa shape index (κ3) is 3.49. The first-order valence-electron chi connectivity index (χ1n) is 5.99. The van der Waals surface area contributed by atoms with Crippen molar-refractivity contribution in [1.82, 2.24) is 5.32 Å². The molecule has 1 fully saturated rings. The van der Waals surface area contributed by atoms with Crippen molar-refractivity contribution in [2.75, 3.05) is 11.9 Å². The van der Waals surface area contributed by atoms with Gasteiger partial charge in [0.15, 0.2) is 0 Å². The highest BCUT2D eigenvalue weighted by atomic mass is 79.9. The Balaban J connectivity index is 1.84. The van der Waals surface area contributed by atoms with Crippen LogP contribution in [0, 0.1) is 0 Å². The topological polar surface area (TPSA) is 24.1 Å². The Hall–Kier alpha value is -0.540. The highest BCUT2D eigenvalue weighted by molar-refractivity contribution is 9.10. The van der Waals surface area contributed by atoms with Crippen molar-refractivity contribution in [3.63, 3.8) is 0 Å². The summed E-state index contributed by atoms with van der Waals surface area (Å²) in [6.45, 7) is 3.44. The van der Waals surface area contributed by atoms with Gasteiger partial charge in [-0.1, -0.05) is 22.0 Å². The second kappa shape index (κ2) is 5.69. The molecule has 0 aliphatic carbocycles. The van der Waals surface area contributed by atoms with E-state index < -0.39 is 0 Å². The summed E-state index contributed by atoms with van der Waals surface area (Å²) in [5.74, 6) is 0. The molecule has 1 aliphatic heterocycles. The Labute approximate surface area is 106 Å². The van der Waals surface area contributed by atoms with Crippen LogP contribution in [0.4, 0.5) is 5.69 Å². The Bertz CT molecular complexity index is 334. The van der Waals surface area contributed by atoms with Crippen LogP contribution in [-0.4, -0.2) is 18.6 Å². The van der Waals surface area contributed by atoms with Crippen molar-refractivity contribution in [1.29, 1.82) is 0 Å². The average Bonchev–Trinajstić information content (AvgIpc) is 2.70. The first kappa shape index (κ1) is 11.9. The molecule has 1 aliphatic rings. The van der Waals surface area contributed by atoms with Crippen LogP contribution in [-0.2, 0) is 0 Å². The molecule has 1 aromatic carbocycles. The van der Waals surface area contributed by atoms with Gasteiger partial charge in [-0.2, -0.15) is 0 Å². The van der Waals surface area contributed by atoms with E-state index in [1.807, 2.05) is 6.07 Å². The summed E-state index contributed by atoms with van der Waals surface area (Å²) in [4.78, 5) is 0. The second-order valence-corrected chi connectivity index (χ2v) is 5.50. The molecule has 0 aromatic heterocycles. The fourth-order valence-corrected chi connectivity index (χ4v) is 2.71. The summed E-state index contributed by atoms with van der Waals surface area (Å²) in [5.41, 5.74) is 1.19. The zero-order valence-electron chi connectivity index (χ0n) is 9.67. The Kier molecular flexibility index (Phi) is 4.24. The maximum Gasteiger partial charge on any atom is 0.0353 e. The zero-order valence-corrected chi connectivity index (χ0v) is 11.3. The molecule has 3 heteroatoms. The van der Waals surface area contributed by atoms with Crippen molar-refractivity contribution < 1.29 is 0 Å². The van der Waals surface area contributed by atoms with Crippen LogP contribution in [0.1, 0.15) is 26.2 Å². The lowest BCUT2D eigenvalue weighted by Gasteiger charge is -2.19. The molecule has 1 saturated heterocycles. The Morgan fingerprint density at radius 3 is 3.12 bits per heavy atom. The van der Waals surface area contributed by atoms with Gasteiger partial charge in [-0.15, -0.1) is 0 Å². The zero-order chi connectivity index (χ0) is 11.4. The minimum Gasteiger partial charge on any atom is -0.383 e. The van der Waals surface area contributed by atoms with E-state index in [1.54, 1.807) is 0 Å². The SMILES string of the molecule is CC(CC1CCCN1)Nc1cccc(Br)c1. The van der Waals surface area contributed by atoms with Crippen LogP contribution in [0.2, 0.25) is 0 Å². The number of hydrogen-bond acceptors (Lipinski definition) is 2. The third-order valence-corrected chi connectivity index (χ3v) is 3.53. The monoisotopic (exact) mass is 282 g/mol. The molecule has 0 bridgehead atoms. The third-order valence-electron chi connectivity index (χ3n) is 3.04. The standard InChI is InChI=1S/C13H19BrN2/c1-10(8-12-6-3-7-15-12)16-13-5-2-4-11(14)9-13/h2,4-5,9-10,12,15-16H,3,6-8H2,1H3. The number of rotatable bonds is 4. The highest BCUT2D eigenvalue weighted by Crippen LogP contribution is 2.18. The molecule has 16 heavy (non-hydrogen) atoms. The largest absolute Gasteiger partial charge is 0.383 e. The van der Waals surface area contributed by atoms with E-state index in [-0.39, 0.29) is 0 Å². The van der Waals surface area contributed by atoms with Crippen molar-refractivity contribution in [2.24, 2.45) is 0 Å². The van der Waals surface area contributed by atoms with Crippen LogP contribution >= 0.6 is 15.9 Å². The van der Waals surface area contributed by atoms with E-state index in [4.69, 9.17) is 0 Å². The van der Waals surface area contributed by atoms with Crippen LogP contribution in [0.15, 0.2) is 28.7 Å². The van der Waals surface area contributed by atoms with Crippen LogP contribution < -0.4 is 10.6 Å².